The second kappa shape index (κ2) is 4.14. The van der Waals surface area contributed by atoms with Gasteiger partial charge in [-0.25, -0.2) is 8.78 Å². The van der Waals surface area contributed by atoms with Gasteiger partial charge in [-0.15, -0.1) is 0 Å². The van der Waals surface area contributed by atoms with Crippen molar-refractivity contribution in [1.29, 1.82) is 0 Å². The molecule has 1 aromatic rings. The highest BCUT2D eigenvalue weighted by atomic mass is 19.3. The molecule has 5 heteroatoms. The number of anilines is 2. The Morgan fingerprint density at radius 3 is 2.47 bits per heavy atom. The number of benzene rings is 1. The van der Waals surface area contributed by atoms with Crippen LogP contribution in [0.4, 0.5) is 20.2 Å². The number of nitrogen functional groups attached to an aromatic ring is 1. The van der Waals surface area contributed by atoms with E-state index < -0.39 is 5.92 Å². The molecule has 1 heterocycles. The summed E-state index contributed by atoms with van der Waals surface area (Å²) >= 11 is 0. The van der Waals surface area contributed by atoms with E-state index in [9.17, 15) is 8.78 Å². The predicted molar refractivity (Wildman–Crippen MR) is 65.0 cm³/mol. The number of nitrogens with two attached hydrogens (primary N) is 1. The van der Waals surface area contributed by atoms with Crippen molar-refractivity contribution in [3.63, 3.8) is 0 Å². The maximum atomic E-state index is 13.5. The van der Waals surface area contributed by atoms with Crippen molar-refractivity contribution in [2.75, 3.05) is 31.0 Å². The smallest absolute Gasteiger partial charge is 0.273 e. The van der Waals surface area contributed by atoms with E-state index in [1.54, 1.807) is 6.07 Å². The zero-order chi connectivity index (χ0) is 12.6. The van der Waals surface area contributed by atoms with Gasteiger partial charge in [-0.2, -0.15) is 0 Å². The molecule has 0 aliphatic carbocycles. The van der Waals surface area contributed by atoms with Gasteiger partial charge in [0.05, 0.1) is 24.7 Å². The Kier molecular flexibility index (Phi) is 2.95. The van der Waals surface area contributed by atoms with E-state index in [0.717, 1.165) is 19.0 Å². The molecular formula is C12H17F2N3. The fourth-order valence-electron chi connectivity index (χ4n) is 1.97. The van der Waals surface area contributed by atoms with Crippen molar-refractivity contribution < 1.29 is 8.78 Å². The third-order valence-corrected chi connectivity index (χ3v) is 3.06. The molecule has 2 N–H and O–H groups in total. The van der Waals surface area contributed by atoms with Gasteiger partial charge in [-0.3, -0.25) is 4.90 Å². The molecule has 1 saturated heterocycles. The van der Waals surface area contributed by atoms with Gasteiger partial charge >= 0.3 is 0 Å². The summed E-state index contributed by atoms with van der Waals surface area (Å²) in [6.45, 7) is 3.04. The van der Waals surface area contributed by atoms with Crippen molar-refractivity contribution in [3.8, 4) is 0 Å². The van der Waals surface area contributed by atoms with Gasteiger partial charge in [0.15, 0.2) is 0 Å². The lowest BCUT2D eigenvalue weighted by molar-refractivity contribution is -0.00822. The van der Waals surface area contributed by atoms with Crippen molar-refractivity contribution in [3.05, 3.63) is 23.8 Å². The molecule has 1 aliphatic heterocycles. The second-order valence-corrected chi connectivity index (χ2v) is 4.51. The largest absolute Gasteiger partial charge is 0.397 e. The Balaban J connectivity index is 2.23. The molecule has 0 saturated carbocycles. The number of hydrogen-bond donors (Lipinski definition) is 1. The molecule has 1 aliphatic rings. The number of halogens is 2. The Morgan fingerprint density at radius 2 is 2.00 bits per heavy atom. The fraction of sp³-hybridized carbons (Fsp3) is 0.500. The molecule has 94 valence electrons. The summed E-state index contributed by atoms with van der Waals surface area (Å²) in [5.74, 6) is -2.79. The summed E-state index contributed by atoms with van der Waals surface area (Å²) in [6.07, 6.45) is -0.210. The van der Waals surface area contributed by atoms with Gasteiger partial charge in [0.1, 0.15) is 0 Å². The zero-order valence-electron chi connectivity index (χ0n) is 10.1. The van der Waals surface area contributed by atoms with Crippen LogP contribution in [0.3, 0.4) is 0 Å². The van der Waals surface area contributed by atoms with Crippen LogP contribution in [0.2, 0.25) is 0 Å². The SMILES string of the molecule is CCC(F)(F)c1ccc(N2CN(C)C2)c(N)c1. The minimum absolute atomic E-state index is 0.00451. The summed E-state index contributed by atoms with van der Waals surface area (Å²) < 4.78 is 27.0. The van der Waals surface area contributed by atoms with Crippen molar-refractivity contribution >= 4 is 11.4 Å². The third-order valence-electron chi connectivity index (χ3n) is 3.06. The second-order valence-electron chi connectivity index (χ2n) is 4.51. The van der Waals surface area contributed by atoms with Crippen LogP contribution in [0.5, 0.6) is 0 Å². The molecule has 0 amide bonds. The van der Waals surface area contributed by atoms with E-state index in [2.05, 4.69) is 4.90 Å². The Labute approximate surface area is 99.8 Å². The maximum Gasteiger partial charge on any atom is 0.273 e. The van der Waals surface area contributed by atoms with Gasteiger partial charge in [-0.1, -0.05) is 13.0 Å². The minimum atomic E-state index is -2.79. The average Bonchev–Trinajstić information content (AvgIpc) is 2.25. The molecule has 17 heavy (non-hydrogen) atoms. The van der Waals surface area contributed by atoms with E-state index in [1.165, 1.54) is 19.1 Å². The van der Waals surface area contributed by atoms with Crippen LogP contribution >= 0.6 is 0 Å². The van der Waals surface area contributed by atoms with Gasteiger partial charge in [-0.05, 0) is 19.2 Å². The first-order valence-electron chi connectivity index (χ1n) is 5.65. The number of nitrogens with zero attached hydrogens (tertiary/aromatic N) is 2. The van der Waals surface area contributed by atoms with Gasteiger partial charge in [0.2, 0.25) is 0 Å². The summed E-state index contributed by atoms with van der Waals surface area (Å²) in [5, 5.41) is 0. The minimum Gasteiger partial charge on any atom is -0.397 e. The van der Waals surface area contributed by atoms with Gasteiger partial charge in [0, 0.05) is 12.0 Å². The average molecular weight is 241 g/mol. The normalized spacial score (nSPS) is 17.1. The Morgan fingerprint density at radius 1 is 1.35 bits per heavy atom. The van der Waals surface area contributed by atoms with Crippen LogP contribution in [-0.2, 0) is 5.92 Å². The quantitative estimate of drug-likeness (QED) is 0.825. The molecule has 0 bridgehead atoms. The van der Waals surface area contributed by atoms with Crippen LogP contribution < -0.4 is 10.6 Å². The standard InChI is InChI=1S/C12H17F2N3/c1-3-12(13,14)9-4-5-11(10(15)6-9)17-7-16(2)8-17/h4-6H,3,7-8,15H2,1-2H3. The molecule has 3 nitrogen and oxygen atoms in total. The number of alkyl halides is 2. The summed E-state index contributed by atoms with van der Waals surface area (Å²) in [4.78, 5) is 4.15. The lowest BCUT2D eigenvalue weighted by Crippen LogP contribution is -2.53. The van der Waals surface area contributed by atoms with Crippen LogP contribution in [-0.4, -0.2) is 25.3 Å². The van der Waals surface area contributed by atoms with Gasteiger partial charge in [0.25, 0.3) is 5.92 Å². The highest BCUT2D eigenvalue weighted by Gasteiger charge is 2.30. The van der Waals surface area contributed by atoms with E-state index in [1.807, 2.05) is 11.9 Å². The molecule has 0 radical (unpaired) electrons. The summed E-state index contributed by atoms with van der Waals surface area (Å²) in [7, 11) is 1.99. The molecule has 0 spiro atoms. The highest BCUT2D eigenvalue weighted by Crippen LogP contribution is 2.36. The van der Waals surface area contributed by atoms with E-state index in [-0.39, 0.29) is 12.0 Å². The zero-order valence-corrected chi connectivity index (χ0v) is 10.1. The number of rotatable bonds is 3. The fourth-order valence-corrected chi connectivity index (χ4v) is 1.97. The Bertz CT molecular complexity index is 414. The summed E-state index contributed by atoms with van der Waals surface area (Å²) in [6, 6.07) is 4.53. The van der Waals surface area contributed by atoms with Crippen LogP contribution in [0, 0.1) is 0 Å². The molecule has 0 unspecified atom stereocenters. The molecule has 0 aromatic heterocycles. The van der Waals surface area contributed by atoms with Crippen LogP contribution in [0.15, 0.2) is 18.2 Å². The van der Waals surface area contributed by atoms with E-state index in [4.69, 9.17) is 5.73 Å². The molecule has 1 fully saturated rings. The molecule has 1 aromatic carbocycles. The Hall–Kier alpha value is -1.36. The van der Waals surface area contributed by atoms with Crippen molar-refractivity contribution in [2.45, 2.75) is 19.3 Å². The van der Waals surface area contributed by atoms with E-state index in [0.29, 0.717) is 5.69 Å². The maximum absolute atomic E-state index is 13.5. The topological polar surface area (TPSA) is 32.5 Å². The first-order chi connectivity index (χ1) is 7.94. The predicted octanol–water partition coefficient (Wildman–Crippen LogP) is 2.44. The molecule has 2 rings (SSSR count). The lowest BCUT2D eigenvalue weighted by atomic mass is 10.0. The van der Waals surface area contributed by atoms with E-state index >= 15 is 0 Å². The lowest BCUT2D eigenvalue weighted by Gasteiger charge is -2.42. The van der Waals surface area contributed by atoms with Crippen LogP contribution in [0.25, 0.3) is 0 Å². The monoisotopic (exact) mass is 241 g/mol. The molecular weight excluding hydrogens is 224 g/mol. The first kappa shape index (κ1) is 12.1. The van der Waals surface area contributed by atoms with Crippen molar-refractivity contribution in [1.82, 2.24) is 4.90 Å². The van der Waals surface area contributed by atoms with Gasteiger partial charge < -0.3 is 10.6 Å². The van der Waals surface area contributed by atoms with Crippen molar-refractivity contribution in [2.24, 2.45) is 0 Å². The molecule has 0 atom stereocenters. The highest BCUT2D eigenvalue weighted by molar-refractivity contribution is 5.69. The van der Waals surface area contributed by atoms with Crippen LogP contribution in [0.1, 0.15) is 18.9 Å². The third kappa shape index (κ3) is 2.20. The number of hydrogen-bond acceptors (Lipinski definition) is 3. The first-order valence-corrected chi connectivity index (χ1v) is 5.65. The summed E-state index contributed by atoms with van der Waals surface area (Å²) in [5.41, 5.74) is 7.08.